The summed E-state index contributed by atoms with van der Waals surface area (Å²) in [4.78, 5) is 21.6. The Morgan fingerprint density at radius 3 is 2.71 bits per heavy atom. The van der Waals surface area contributed by atoms with Gasteiger partial charge in [0.05, 0.1) is 11.7 Å². The largest absolute Gasteiger partial charge is 0.423 e. The molecule has 0 atom stereocenters. The Labute approximate surface area is 193 Å². The van der Waals surface area contributed by atoms with Gasteiger partial charge < -0.3 is 10.1 Å². The molecule has 34 heavy (non-hydrogen) atoms. The van der Waals surface area contributed by atoms with Crippen LogP contribution in [0.5, 0.6) is 5.75 Å². The number of nitrogens with zero attached hydrogens (tertiary/aromatic N) is 4. The molecule has 6 rings (SSSR count). The van der Waals surface area contributed by atoms with Gasteiger partial charge in [0.15, 0.2) is 5.82 Å². The second-order valence-electron chi connectivity index (χ2n) is 7.75. The maximum Gasteiger partial charge on any atom is 0.423 e. The second-order valence-corrected chi connectivity index (χ2v) is 7.75. The van der Waals surface area contributed by atoms with Gasteiger partial charge in [-0.2, -0.15) is 5.10 Å². The number of rotatable bonds is 4. The maximum atomic E-state index is 12.5. The van der Waals surface area contributed by atoms with Crippen LogP contribution in [0.2, 0.25) is 0 Å². The molecule has 0 aliphatic carbocycles. The molecule has 8 nitrogen and oxygen atoms in total. The zero-order chi connectivity index (χ0) is 22.9. The first kappa shape index (κ1) is 19.7. The van der Waals surface area contributed by atoms with E-state index in [0.29, 0.717) is 17.4 Å². The van der Waals surface area contributed by atoms with Gasteiger partial charge >= 0.3 is 6.09 Å². The van der Waals surface area contributed by atoms with E-state index >= 15 is 0 Å². The predicted molar refractivity (Wildman–Crippen MR) is 130 cm³/mol. The number of nitrogens with one attached hydrogen (secondary N) is 2. The Balaban J connectivity index is 1.25. The molecular weight excluding hydrogens is 428 g/mol. The van der Waals surface area contributed by atoms with Crippen molar-refractivity contribution >= 4 is 39.3 Å². The second kappa shape index (κ2) is 8.18. The van der Waals surface area contributed by atoms with Gasteiger partial charge in [0.2, 0.25) is 0 Å². The summed E-state index contributed by atoms with van der Waals surface area (Å²) < 4.78 is 6.86. The fourth-order valence-electron chi connectivity index (χ4n) is 3.76. The Morgan fingerprint density at radius 2 is 1.79 bits per heavy atom. The highest BCUT2D eigenvalue weighted by atomic mass is 16.6. The molecule has 164 valence electrons. The number of aromatic nitrogens is 5. The molecule has 3 aromatic carbocycles. The van der Waals surface area contributed by atoms with Crippen molar-refractivity contribution < 1.29 is 9.53 Å². The number of carbonyl (C=O) groups excluding carboxylic acids is 1. The van der Waals surface area contributed by atoms with Crippen LogP contribution < -0.4 is 10.1 Å². The van der Waals surface area contributed by atoms with Crippen LogP contribution in [0.3, 0.4) is 0 Å². The number of para-hydroxylation sites is 1. The van der Waals surface area contributed by atoms with E-state index in [1.54, 1.807) is 36.9 Å². The van der Waals surface area contributed by atoms with Crippen LogP contribution >= 0.6 is 0 Å². The first-order chi connectivity index (χ1) is 16.7. The van der Waals surface area contributed by atoms with Crippen LogP contribution in [-0.4, -0.2) is 30.8 Å². The summed E-state index contributed by atoms with van der Waals surface area (Å²) in [6.07, 6.45) is 6.51. The normalized spacial score (nSPS) is 11.1. The number of carbonyl (C=O) groups is 1. The van der Waals surface area contributed by atoms with Crippen molar-refractivity contribution in [3.63, 3.8) is 0 Å². The molecule has 6 aromatic rings. The van der Waals surface area contributed by atoms with Crippen molar-refractivity contribution in [2.24, 2.45) is 0 Å². The number of hydrogen-bond donors (Lipinski definition) is 2. The predicted octanol–water partition coefficient (Wildman–Crippen LogP) is 5.77. The maximum absolute atomic E-state index is 12.5. The average Bonchev–Trinajstić information content (AvgIpc) is 3.51. The molecule has 8 heteroatoms. The lowest BCUT2D eigenvalue weighted by atomic mass is 10.1. The quantitative estimate of drug-likeness (QED) is 0.357. The highest BCUT2D eigenvalue weighted by Crippen LogP contribution is 2.25. The number of fused-ring (bicyclic) bond motifs is 2. The zero-order valence-electron chi connectivity index (χ0n) is 17.8. The molecule has 0 amide bonds. The lowest BCUT2D eigenvalue weighted by Crippen LogP contribution is -2.14. The molecule has 0 aliphatic heterocycles. The topological polar surface area (TPSA) is 97.7 Å². The number of benzene rings is 3. The SMILES string of the molecule is O=C(Oc1ccccc1)n1cc2ccc(-c3nccc(Nc4ccc5[nH]ncc5c4)n3)cc2c1. The van der Waals surface area contributed by atoms with E-state index in [1.807, 2.05) is 60.7 Å². The van der Waals surface area contributed by atoms with E-state index in [0.717, 1.165) is 32.9 Å². The molecular formula is C26H18N6O2. The molecule has 0 fully saturated rings. The van der Waals surface area contributed by atoms with Crippen molar-refractivity contribution in [1.82, 2.24) is 24.7 Å². The van der Waals surface area contributed by atoms with Crippen LogP contribution in [0, 0.1) is 0 Å². The van der Waals surface area contributed by atoms with Crippen LogP contribution in [0.4, 0.5) is 16.3 Å². The Kier molecular flexibility index (Phi) is 4.73. The first-order valence-electron chi connectivity index (χ1n) is 10.6. The standard InChI is InChI=1S/C26H18N6O2/c33-26(34-22-4-2-1-3-5-22)32-15-18-7-6-17(12-20(18)16-32)25-27-11-10-24(30-25)29-21-8-9-23-19(13-21)14-28-31-23/h1-16H,(H,28,31)(H,27,29,30). The molecule has 0 bridgehead atoms. The van der Waals surface area contributed by atoms with E-state index in [2.05, 4.69) is 25.5 Å². The molecule has 0 spiro atoms. The van der Waals surface area contributed by atoms with Gasteiger partial charge in [0.25, 0.3) is 0 Å². The number of H-pyrrole nitrogens is 1. The zero-order valence-corrected chi connectivity index (χ0v) is 17.8. The summed E-state index contributed by atoms with van der Waals surface area (Å²) in [5.41, 5.74) is 2.72. The minimum Gasteiger partial charge on any atom is -0.410 e. The lowest BCUT2D eigenvalue weighted by Gasteiger charge is -2.07. The van der Waals surface area contributed by atoms with Crippen molar-refractivity contribution in [3.8, 4) is 17.1 Å². The van der Waals surface area contributed by atoms with Gasteiger partial charge in [-0.1, -0.05) is 30.3 Å². The van der Waals surface area contributed by atoms with Gasteiger partial charge in [-0.15, -0.1) is 0 Å². The summed E-state index contributed by atoms with van der Waals surface area (Å²) in [6, 6.07) is 22.6. The minimum absolute atomic E-state index is 0.471. The van der Waals surface area contributed by atoms with E-state index in [4.69, 9.17) is 4.74 Å². The Hall–Kier alpha value is -4.98. The van der Waals surface area contributed by atoms with E-state index < -0.39 is 6.09 Å². The van der Waals surface area contributed by atoms with Crippen molar-refractivity contribution in [2.45, 2.75) is 0 Å². The lowest BCUT2D eigenvalue weighted by molar-refractivity contribution is 0.202. The third-order valence-electron chi connectivity index (χ3n) is 5.43. The molecule has 0 saturated heterocycles. The number of hydrogen-bond acceptors (Lipinski definition) is 6. The van der Waals surface area contributed by atoms with Crippen LogP contribution in [0.25, 0.3) is 33.1 Å². The van der Waals surface area contributed by atoms with Crippen LogP contribution in [-0.2, 0) is 0 Å². The smallest absolute Gasteiger partial charge is 0.410 e. The Bertz CT molecular complexity index is 1640. The van der Waals surface area contributed by atoms with Gasteiger partial charge in [-0.25, -0.2) is 14.8 Å². The van der Waals surface area contributed by atoms with Crippen LogP contribution in [0.1, 0.15) is 0 Å². The highest BCUT2D eigenvalue weighted by molar-refractivity contribution is 5.90. The summed E-state index contributed by atoms with van der Waals surface area (Å²) in [7, 11) is 0. The van der Waals surface area contributed by atoms with Gasteiger partial charge in [-0.05, 0) is 42.5 Å². The van der Waals surface area contributed by atoms with Gasteiger partial charge in [-0.3, -0.25) is 9.67 Å². The molecule has 3 heterocycles. The van der Waals surface area contributed by atoms with E-state index in [-0.39, 0.29) is 0 Å². The number of anilines is 2. The monoisotopic (exact) mass is 446 g/mol. The summed E-state index contributed by atoms with van der Waals surface area (Å²) in [5.74, 6) is 1.75. The third-order valence-corrected chi connectivity index (χ3v) is 5.43. The average molecular weight is 446 g/mol. The fraction of sp³-hybridized carbons (Fsp3) is 0. The number of aromatic amines is 1. The molecule has 3 aromatic heterocycles. The summed E-state index contributed by atoms with van der Waals surface area (Å²) in [5, 5.41) is 13.1. The van der Waals surface area contributed by atoms with E-state index in [1.165, 1.54) is 4.57 Å². The molecule has 0 radical (unpaired) electrons. The summed E-state index contributed by atoms with van der Waals surface area (Å²) in [6.45, 7) is 0. The van der Waals surface area contributed by atoms with Crippen molar-refractivity contribution in [1.29, 1.82) is 0 Å². The van der Waals surface area contributed by atoms with Crippen LogP contribution in [0.15, 0.2) is 97.6 Å². The number of ether oxygens (including phenoxy) is 1. The van der Waals surface area contributed by atoms with Gasteiger partial charge in [0, 0.05) is 46.0 Å². The molecule has 2 N–H and O–H groups in total. The fourth-order valence-corrected chi connectivity index (χ4v) is 3.76. The minimum atomic E-state index is -0.471. The van der Waals surface area contributed by atoms with Crippen molar-refractivity contribution in [2.75, 3.05) is 5.32 Å². The molecule has 0 saturated carbocycles. The highest BCUT2D eigenvalue weighted by Gasteiger charge is 2.11. The molecule has 0 aliphatic rings. The van der Waals surface area contributed by atoms with E-state index in [9.17, 15) is 4.79 Å². The third kappa shape index (κ3) is 3.84. The van der Waals surface area contributed by atoms with Crippen molar-refractivity contribution in [3.05, 3.63) is 97.6 Å². The first-order valence-corrected chi connectivity index (χ1v) is 10.6. The summed E-state index contributed by atoms with van der Waals surface area (Å²) >= 11 is 0. The van der Waals surface area contributed by atoms with Gasteiger partial charge in [0.1, 0.15) is 11.6 Å². The molecule has 0 unspecified atom stereocenters. The Morgan fingerprint density at radius 1 is 0.912 bits per heavy atom.